The largest absolute Gasteiger partial charge is 0.361 e. The van der Waals surface area contributed by atoms with E-state index >= 15 is 0 Å². The summed E-state index contributed by atoms with van der Waals surface area (Å²) in [6, 6.07) is 0. The maximum Gasteiger partial charge on any atom is 0.151 e. The molecule has 0 amide bonds. The van der Waals surface area contributed by atoms with Crippen molar-refractivity contribution in [3.63, 3.8) is 0 Å². The molecule has 3 unspecified atom stereocenters. The number of Topliss-reactive ketones (excluding diaryl/α,β-unsaturated/α-hetero) is 1. The lowest BCUT2D eigenvalue weighted by Crippen LogP contribution is -2.15. The summed E-state index contributed by atoms with van der Waals surface area (Å²) >= 11 is 0. The molecule has 1 saturated heterocycles. The molecule has 0 radical (unpaired) electrons. The van der Waals surface area contributed by atoms with E-state index in [9.17, 15) is 9.59 Å². The van der Waals surface area contributed by atoms with Gasteiger partial charge >= 0.3 is 0 Å². The van der Waals surface area contributed by atoms with E-state index in [0.717, 1.165) is 6.29 Å². The predicted molar refractivity (Wildman–Crippen MR) is 34.6 cm³/mol. The quantitative estimate of drug-likeness (QED) is 0.417. The fourth-order valence-electron chi connectivity index (χ4n) is 0.879. The second-order valence-corrected chi connectivity index (χ2v) is 2.60. The van der Waals surface area contributed by atoms with Gasteiger partial charge in [0.25, 0.3) is 0 Å². The number of ketones is 1. The molecule has 1 heterocycles. The van der Waals surface area contributed by atoms with Crippen LogP contribution in [0.1, 0.15) is 13.8 Å². The van der Waals surface area contributed by atoms with Gasteiger partial charge in [0.05, 0.1) is 0 Å². The highest BCUT2D eigenvalue weighted by molar-refractivity contribution is 5.80. The Hall–Kier alpha value is -0.700. The average molecular weight is 142 g/mol. The van der Waals surface area contributed by atoms with Crippen molar-refractivity contribution >= 4 is 12.1 Å². The van der Waals surface area contributed by atoms with Gasteiger partial charge < -0.3 is 9.53 Å². The Bertz CT molecular complexity index is 164. The first kappa shape index (κ1) is 7.41. The van der Waals surface area contributed by atoms with Crippen LogP contribution in [-0.2, 0) is 14.3 Å². The van der Waals surface area contributed by atoms with Crippen molar-refractivity contribution in [3.05, 3.63) is 0 Å². The third-order valence-corrected chi connectivity index (χ3v) is 1.83. The Kier molecular flexibility index (Phi) is 1.85. The summed E-state index contributed by atoms with van der Waals surface area (Å²) < 4.78 is 4.90. The van der Waals surface area contributed by atoms with E-state index in [1.54, 1.807) is 6.92 Å². The molecule has 3 heteroatoms. The van der Waals surface area contributed by atoms with Gasteiger partial charge in [-0.1, -0.05) is 6.92 Å². The zero-order chi connectivity index (χ0) is 7.72. The number of epoxide rings is 1. The van der Waals surface area contributed by atoms with Gasteiger partial charge in [0, 0.05) is 5.92 Å². The van der Waals surface area contributed by atoms with Crippen LogP contribution in [0.2, 0.25) is 0 Å². The van der Waals surface area contributed by atoms with Crippen LogP contribution >= 0.6 is 0 Å². The number of aldehydes is 1. The molecule has 0 aromatic rings. The molecule has 3 nitrogen and oxygen atoms in total. The molecule has 0 spiro atoms. The molecular weight excluding hydrogens is 132 g/mol. The smallest absolute Gasteiger partial charge is 0.151 e. The Morgan fingerprint density at radius 1 is 1.70 bits per heavy atom. The molecule has 0 aliphatic carbocycles. The molecule has 56 valence electrons. The molecule has 1 fully saturated rings. The number of rotatable bonds is 3. The van der Waals surface area contributed by atoms with Crippen molar-refractivity contribution in [2.45, 2.75) is 26.1 Å². The van der Waals surface area contributed by atoms with Crippen LogP contribution in [0, 0.1) is 5.92 Å². The van der Waals surface area contributed by atoms with Crippen molar-refractivity contribution in [2.24, 2.45) is 5.92 Å². The highest BCUT2D eigenvalue weighted by atomic mass is 16.6. The number of carbonyl (C=O) groups is 2. The molecule has 1 rings (SSSR count). The lowest BCUT2D eigenvalue weighted by Gasteiger charge is -1.99. The van der Waals surface area contributed by atoms with Crippen LogP contribution in [0.4, 0.5) is 0 Å². The van der Waals surface area contributed by atoms with E-state index < -0.39 is 0 Å². The Morgan fingerprint density at radius 2 is 2.30 bits per heavy atom. The second kappa shape index (κ2) is 2.50. The van der Waals surface area contributed by atoms with Crippen molar-refractivity contribution in [1.82, 2.24) is 0 Å². The Balaban J connectivity index is 2.39. The van der Waals surface area contributed by atoms with Gasteiger partial charge in [-0.05, 0) is 6.92 Å². The molecule has 0 N–H and O–H groups in total. The maximum atomic E-state index is 10.7. The molecule has 1 aliphatic rings. The van der Waals surface area contributed by atoms with Gasteiger partial charge in [-0.3, -0.25) is 4.79 Å². The Labute approximate surface area is 59.4 Å². The topological polar surface area (TPSA) is 46.7 Å². The lowest BCUT2D eigenvalue weighted by atomic mass is 10.0. The van der Waals surface area contributed by atoms with Crippen molar-refractivity contribution in [3.8, 4) is 0 Å². The summed E-state index contributed by atoms with van der Waals surface area (Å²) in [6.07, 6.45) is 0.276. The number of hydrogen-bond acceptors (Lipinski definition) is 3. The van der Waals surface area contributed by atoms with Crippen LogP contribution in [0.3, 0.4) is 0 Å². The molecule has 0 aromatic heterocycles. The van der Waals surface area contributed by atoms with Gasteiger partial charge in [-0.25, -0.2) is 0 Å². The zero-order valence-corrected chi connectivity index (χ0v) is 6.03. The van der Waals surface area contributed by atoms with Gasteiger partial charge in [-0.15, -0.1) is 0 Å². The minimum absolute atomic E-state index is 0.0781. The average Bonchev–Trinajstić information content (AvgIpc) is 2.64. The van der Waals surface area contributed by atoms with E-state index in [4.69, 9.17) is 4.74 Å². The first-order chi connectivity index (χ1) is 4.66. The monoisotopic (exact) mass is 142 g/mol. The van der Waals surface area contributed by atoms with Crippen molar-refractivity contribution < 1.29 is 14.3 Å². The second-order valence-electron chi connectivity index (χ2n) is 2.60. The zero-order valence-electron chi connectivity index (χ0n) is 6.03. The summed E-state index contributed by atoms with van der Waals surface area (Å²) in [5.74, 6) is -0.0513. The van der Waals surface area contributed by atoms with E-state index in [2.05, 4.69) is 0 Å². The summed E-state index contributed by atoms with van der Waals surface area (Å²) in [6.45, 7) is 3.28. The first-order valence-electron chi connectivity index (χ1n) is 3.28. The van der Waals surface area contributed by atoms with Gasteiger partial charge in [0.1, 0.15) is 18.0 Å². The highest BCUT2D eigenvalue weighted by Crippen LogP contribution is 2.27. The van der Waals surface area contributed by atoms with Crippen LogP contribution in [-0.4, -0.2) is 24.3 Å². The normalized spacial score (nSPS) is 33.0. The summed E-state index contributed by atoms with van der Waals surface area (Å²) in [4.78, 5) is 20.8. The van der Waals surface area contributed by atoms with Crippen molar-refractivity contribution in [1.29, 1.82) is 0 Å². The minimum Gasteiger partial charge on any atom is -0.361 e. The fourth-order valence-corrected chi connectivity index (χ4v) is 0.879. The summed E-state index contributed by atoms with van der Waals surface area (Å²) in [5, 5.41) is 0. The third kappa shape index (κ3) is 1.24. The number of carbonyl (C=O) groups excluding carboxylic acids is 2. The van der Waals surface area contributed by atoms with E-state index in [1.807, 2.05) is 0 Å². The van der Waals surface area contributed by atoms with Gasteiger partial charge in [0.15, 0.2) is 6.29 Å². The van der Waals surface area contributed by atoms with E-state index in [0.29, 0.717) is 0 Å². The molecule has 3 atom stereocenters. The van der Waals surface area contributed by atoms with Gasteiger partial charge in [-0.2, -0.15) is 0 Å². The van der Waals surface area contributed by atoms with Crippen molar-refractivity contribution in [2.75, 3.05) is 0 Å². The van der Waals surface area contributed by atoms with Gasteiger partial charge in [0.2, 0.25) is 0 Å². The Morgan fingerprint density at radius 3 is 2.60 bits per heavy atom. The SMILES string of the molecule is CC(=O)C(C)C1OC1C=O. The highest BCUT2D eigenvalue weighted by Gasteiger charge is 2.44. The molecule has 0 aromatic carbocycles. The first-order valence-corrected chi connectivity index (χ1v) is 3.28. The predicted octanol–water partition coefficient (Wildman–Crippen LogP) is 0.178. The van der Waals surface area contributed by atoms with Crippen LogP contribution in [0.15, 0.2) is 0 Å². The summed E-state index contributed by atoms with van der Waals surface area (Å²) in [7, 11) is 0. The standard InChI is InChI=1S/C7H10O3/c1-4(5(2)9)7-6(3-8)10-7/h3-4,6-7H,1-2H3. The van der Waals surface area contributed by atoms with E-state index in [1.165, 1.54) is 6.92 Å². The van der Waals surface area contributed by atoms with Crippen LogP contribution in [0.5, 0.6) is 0 Å². The van der Waals surface area contributed by atoms with E-state index in [-0.39, 0.29) is 23.9 Å². The molecule has 10 heavy (non-hydrogen) atoms. The molecular formula is C7H10O3. The minimum atomic E-state index is -0.320. The molecule has 1 aliphatic heterocycles. The van der Waals surface area contributed by atoms with Crippen LogP contribution in [0.25, 0.3) is 0 Å². The fraction of sp³-hybridized carbons (Fsp3) is 0.714. The third-order valence-electron chi connectivity index (χ3n) is 1.83. The summed E-state index contributed by atoms with van der Waals surface area (Å²) in [5.41, 5.74) is 0. The molecule has 0 saturated carbocycles. The lowest BCUT2D eigenvalue weighted by molar-refractivity contribution is -0.120. The number of ether oxygens (including phenoxy) is 1. The molecule has 0 bridgehead atoms. The maximum absolute atomic E-state index is 10.7. The number of hydrogen-bond donors (Lipinski definition) is 0. The van der Waals surface area contributed by atoms with Crippen LogP contribution < -0.4 is 0 Å².